The molecular weight excluding hydrogens is 427 g/mol. The van der Waals surface area contributed by atoms with E-state index in [0.29, 0.717) is 22.4 Å². The van der Waals surface area contributed by atoms with Crippen LogP contribution in [0.1, 0.15) is 51.0 Å². The van der Waals surface area contributed by atoms with E-state index >= 15 is 0 Å². The quantitative estimate of drug-likeness (QED) is 0.675. The molecule has 2 N–H and O–H groups in total. The fourth-order valence-corrected chi connectivity index (χ4v) is 5.60. The molecule has 4 rings (SSSR count). The first-order valence-corrected chi connectivity index (χ1v) is 10.9. The van der Waals surface area contributed by atoms with Crippen LogP contribution in [0.5, 0.6) is 0 Å². The van der Waals surface area contributed by atoms with Crippen LogP contribution in [0.15, 0.2) is 24.3 Å². The number of nitrogens with two attached hydrogens (primary N) is 1. The van der Waals surface area contributed by atoms with Crippen molar-refractivity contribution in [1.82, 2.24) is 4.90 Å². The van der Waals surface area contributed by atoms with Crippen molar-refractivity contribution < 1.29 is 9.59 Å². The average Bonchev–Trinajstić information content (AvgIpc) is 3.23. The number of primary amides is 1. The van der Waals surface area contributed by atoms with Crippen molar-refractivity contribution >= 4 is 47.0 Å². The standard InChI is InChI=1S/C22H25ClN2O2S.ClH/c1-22(7-8-22)13-25-9-6-17-19(12-25)28-18(20(17)21(24)27)11-16(26)10-14-2-4-15(23)5-3-14;/h2-5H,6-13H2,1H3,(H2,24,27);1H. The molecule has 0 atom stereocenters. The first-order valence-electron chi connectivity index (χ1n) is 9.75. The Labute approximate surface area is 186 Å². The number of fused-ring (bicyclic) bond motifs is 1. The molecule has 29 heavy (non-hydrogen) atoms. The number of ketones is 1. The van der Waals surface area contributed by atoms with Crippen LogP contribution in [0.3, 0.4) is 0 Å². The fraction of sp³-hybridized carbons (Fsp3) is 0.455. The predicted molar refractivity (Wildman–Crippen MR) is 120 cm³/mol. The molecule has 1 fully saturated rings. The number of hydrogen-bond donors (Lipinski definition) is 1. The molecule has 1 aromatic heterocycles. The van der Waals surface area contributed by atoms with Gasteiger partial charge in [-0.25, -0.2) is 0 Å². The van der Waals surface area contributed by atoms with E-state index in [2.05, 4.69) is 11.8 Å². The van der Waals surface area contributed by atoms with E-state index in [1.165, 1.54) is 17.7 Å². The molecule has 1 aliphatic carbocycles. The van der Waals surface area contributed by atoms with Crippen molar-refractivity contribution in [2.24, 2.45) is 11.1 Å². The SMILES string of the molecule is CC1(CN2CCc3c(sc(CC(=O)Cc4ccc(Cl)cc4)c3C(N)=O)C2)CC1.Cl. The molecule has 1 amide bonds. The Kier molecular flexibility index (Phi) is 6.74. The van der Waals surface area contributed by atoms with E-state index in [0.717, 1.165) is 42.1 Å². The predicted octanol–water partition coefficient (Wildman–Crippen LogP) is 4.43. The smallest absolute Gasteiger partial charge is 0.250 e. The molecular formula is C22H26Cl2N2O2S. The van der Waals surface area contributed by atoms with Gasteiger partial charge in [0.05, 0.1) is 5.56 Å². The highest BCUT2D eigenvalue weighted by atomic mass is 35.5. The lowest BCUT2D eigenvalue weighted by molar-refractivity contribution is -0.117. The largest absolute Gasteiger partial charge is 0.366 e. The maximum absolute atomic E-state index is 12.6. The van der Waals surface area contributed by atoms with Gasteiger partial charge < -0.3 is 5.73 Å². The van der Waals surface area contributed by atoms with Gasteiger partial charge in [-0.15, -0.1) is 23.7 Å². The molecule has 0 bridgehead atoms. The number of rotatable bonds is 7. The molecule has 1 aliphatic heterocycles. The Balaban J connectivity index is 0.00000240. The molecule has 2 heterocycles. The van der Waals surface area contributed by atoms with E-state index in [-0.39, 0.29) is 24.6 Å². The Morgan fingerprint density at radius 1 is 1.21 bits per heavy atom. The molecule has 1 aromatic carbocycles. The third-order valence-electron chi connectivity index (χ3n) is 5.84. The molecule has 156 valence electrons. The molecule has 0 saturated heterocycles. The van der Waals surface area contributed by atoms with Gasteiger partial charge >= 0.3 is 0 Å². The Bertz CT molecular complexity index is 920. The van der Waals surface area contributed by atoms with E-state index in [1.807, 2.05) is 12.1 Å². The summed E-state index contributed by atoms with van der Waals surface area (Å²) in [5, 5.41) is 0.655. The number of hydrogen-bond acceptors (Lipinski definition) is 4. The number of carbonyl (C=O) groups excluding carboxylic acids is 2. The van der Waals surface area contributed by atoms with Crippen molar-refractivity contribution in [2.75, 3.05) is 13.1 Å². The second-order valence-corrected chi connectivity index (χ2v) is 10.1. The molecule has 4 nitrogen and oxygen atoms in total. The highest BCUT2D eigenvalue weighted by molar-refractivity contribution is 7.12. The number of thiophene rings is 1. The lowest BCUT2D eigenvalue weighted by Gasteiger charge is -2.29. The van der Waals surface area contributed by atoms with Gasteiger partial charge in [0.2, 0.25) is 5.91 Å². The summed E-state index contributed by atoms with van der Waals surface area (Å²) < 4.78 is 0. The summed E-state index contributed by atoms with van der Waals surface area (Å²) in [5.74, 6) is -0.319. The maximum atomic E-state index is 12.6. The van der Waals surface area contributed by atoms with Crippen molar-refractivity contribution in [3.05, 3.63) is 55.7 Å². The van der Waals surface area contributed by atoms with Crippen LogP contribution in [-0.2, 0) is 30.6 Å². The van der Waals surface area contributed by atoms with Crippen molar-refractivity contribution in [2.45, 2.75) is 45.6 Å². The highest BCUT2D eigenvalue weighted by Gasteiger charge is 2.39. The molecule has 0 spiro atoms. The third-order valence-corrected chi connectivity index (χ3v) is 7.31. The van der Waals surface area contributed by atoms with Gasteiger partial charge in [-0.2, -0.15) is 0 Å². The van der Waals surface area contributed by atoms with Crippen molar-refractivity contribution in [1.29, 1.82) is 0 Å². The molecule has 7 heteroatoms. The summed E-state index contributed by atoms with van der Waals surface area (Å²) in [6.45, 7) is 5.27. The third kappa shape index (κ3) is 5.21. The molecule has 0 unspecified atom stereocenters. The van der Waals surface area contributed by atoms with Crippen LogP contribution in [0, 0.1) is 5.41 Å². The minimum atomic E-state index is -0.408. The normalized spacial score (nSPS) is 17.3. The van der Waals surface area contributed by atoms with Crippen LogP contribution in [0.2, 0.25) is 5.02 Å². The summed E-state index contributed by atoms with van der Waals surface area (Å²) in [6.07, 6.45) is 4.04. The average molecular weight is 453 g/mol. The number of benzene rings is 1. The summed E-state index contributed by atoms with van der Waals surface area (Å²) >= 11 is 7.51. The van der Waals surface area contributed by atoms with Gasteiger partial charge in [-0.3, -0.25) is 14.5 Å². The molecule has 2 aliphatic rings. The highest BCUT2D eigenvalue weighted by Crippen LogP contribution is 2.46. The van der Waals surface area contributed by atoms with Crippen LogP contribution in [-0.4, -0.2) is 29.7 Å². The van der Waals surface area contributed by atoms with Gasteiger partial charge in [-0.05, 0) is 47.9 Å². The summed E-state index contributed by atoms with van der Waals surface area (Å²) in [4.78, 5) is 29.3. The zero-order chi connectivity index (χ0) is 19.9. The monoisotopic (exact) mass is 452 g/mol. The van der Waals surface area contributed by atoms with Gasteiger partial charge in [-0.1, -0.05) is 30.7 Å². The van der Waals surface area contributed by atoms with E-state index in [9.17, 15) is 9.59 Å². The van der Waals surface area contributed by atoms with Crippen LogP contribution >= 0.6 is 35.3 Å². The molecule has 1 saturated carbocycles. The van der Waals surface area contributed by atoms with Gasteiger partial charge in [0.15, 0.2) is 0 Å². The Morgan fingerprint density at radius 2 is 1.90 bits per heavy atom. The lowest BCUT2D eigenvalue weighted by Crippen LogP contribution is -2.34. The first kappa shape index (κ1) is 22.3. The maximum Gasteiger partial charge on any atom is 0.250 e. The van der Waals surface area contributed by atoms with Crippen LogP contribution < -0.4 is 5.73 Å². The number of amides is 1. The van der Waals surface area contributed by atoms with Gasteiger partial charge in [0.1, 0.15) is 5.78 Å². The minimum absolute atomic E-state index is 0. The van der Waals surface area contributed by atoms with Crippen LogP contribution in [0.4, 0.5) is 0 Å². The van der Waals surface area contributed by atoms with Gasteiger partial charge in [0.25, 0.3) is 0 Å². The molecule has 0 radical (unpaired) electrons. The number of carbonyl (C=O) groups is 2. The Hall–Kier alpha value is -1.40. The Morgan fingerprint density at radius 3 is 2.52 bits per heavy atom. The topological polar surface area (TPSA) is 63.4 Å². The minimum Gasteiger partial charge on any atom is -0.366 e. The number of nitrogens with zero attached hydrogens (tertiary/aromatic N) is 1. The summed E-state index contributed by atoms with van der Waals surface area (Å²) in [6, 6.07) is 7.31. The number of Topliss-reactive ketones (excluding diaryl/α,β-unsaturated/α-hetero) is 1. The van der Waals surface area contributed by atoms with Crippen molar-refractivity contribution in [3.8, 4) is 0 Å². The second-order valence-electron chi connectivity index (χ2n) is 8.46. The zero-order valence-electron chi connectivity index (χ0n) is 16.5. The van der Waals surface area contributed by atoms with Gasteiger partial charge in [0, 0.05) is 47.3 Å². The lowest BCUT2D eigenvalue weighted by atomic mass is 9.97. The van der Waals surface area contributed by atoms with E-state index in [1.54, 1.807) is 23.5 Å². The fourth-order valence-electron chi connectivity index (χ4n) is 4.04. The van der Waals surface area contributed by atoms with E-state index < -0.39 is 5.91 Å². The number of halogens is 2. The van der Waals surface area contributed by atoms with Crippen LogP contribution in [0.25, 0.3) is 0 Å². The summed E-state index contributed by atoms with van der Waals surface area (Å²) in [7, 11) is 0. The second kappa shape index (κ2) is 8.76. The van der Waals surface area contributed by atoms with E-state index in [4.69, 9.17) is 17.3 Å². The summed E-state index contributed by atoms with van der Waals surface area (Å²) in [5.41, 5.74) is 8.78. The molecule has 2 aromatic rings. The zero-order valence-corrected chi connectivity index (χ0v) is 18.9. The first-order chi connectivity index (χ1) is 13.3. The van der Waals surface area contributed by atoms with Crippen molar-refractivity contribution in [3.63, 3.8) is 0 Å².